The van der Waals surface area contributed by atoms with Gasteiger partial charge in [0.15, 0.2) is 0 Å². The van der Waals surface area contributed by atoms with Gasteiger partial charge in [-0.2, -0.15) is 0 Å². The molecule has 0 saturated heterocycles. The lowest BCUT2D eigenvalue weighted by atomic mass is 9.93. The van der Waals surface area contributed by atoms with E-state index in [1.807, 2.05) is 18.2 Å². The molecule has 0 N–H and O–H groups in total. The Bertz CT molecular complexity index is 1280. The van der Waals surface area contributed by atoms with E-state index in [0.717, 1.165) is 48.5 Å². The van der Waals surface area contributed by atoms with Crippen molar-refractivity contribution in [1.29, 1.82) is 0 Å². The smallest absolute Gasteiger partial charge is 0.108 e. The topological polar surface area (TPSA) is 12.5 Å². The molecule has 0 heterocycles. The number of aryl methyl sites for hydroxylation is 2. The molecule has 1 atom stereocenters. The second-order valence-electron chi connectivity index (χ2n) is 9.74. The third kappa shape index (κ3) is 6.40. The van der Waals surface area contributed by atoms with Crippen LogP contribution in [0.4, 0.5) is 0 Å². The van der Waals surface area contributed by atoms with E-state index in [9.17, 15) is 0 Å². The maximum atomic E-state index is 6.43. The fourth-order valence-corrected chi connectivity index (χ4v) is 5.28. The highest BCUT2D eigenvalue weighted by Crippen LogP contribution is 2.33. The normalized spacial score (nSPS) is 13.5. The zero-order valence-electron chi connectivity index (χ0n) is 21.4. The summed E-state index contributed by atoms with van der Waals surface area (Å²) < 4.78 is 6.43. The first-order valence-electron chi connectivity index (χ1n) is 13.2. The van der Waals surface area contributed by atoms with Gasteiger partial charge in [-0.05, 0) is 77.4 Å². The third-order valence-corrected chi connectivity index (χ3v) is 7.42. The summed E-state index contributed by atoms with van der Waals surface area (Å²) >= 11 is 6.13. The van der Waals surface area contributed by atoms with Crippen LogP contribution in [-0.2, 0) is 17.6 Å². The highest BCUT2D eigenvalue weighted by molar-refractivity contribution is 6.30. The van der Waals surface area contributed by atoms with Gasteiger partial charge in [-0.1, -0.05) is 109 Å². The Labute approximate surface area is 226 Å². The minimum atomic E-state index is -0.104. The van der Waals surface area contributed by atoms with Crippen molar-refractivity contribution < 1.29 is 4.74 Å². The van der Waals surface area contributed by atoms with Crippen molar-refractivity contribution in [3.05, 3.63) is 148 Å². The van der Waals surface area contributed by atoms with Crippen molar-refractivity contribution in [1.82, 2.24) is 4.90 Å². The Morgan fingerprint density at radius 3 is 1.95 bits per heavy atom. The molecule has 0 aliphatic heterocycles. The molecule has 4 aromatic rings. The van der Waals surface area contributed by atoms with Crippen molar-refractivity contribution in [2.75, 3.05) is 26.7 Å². The van der Waals surface area contributed by atoms with E-state index in [1.54, 1.807) is 0 Å². The number of ether oxygens (including phenoxy) is 1. The molecule has 1 unspecified atom stereocenters. The predicted octanol–water partition coefficient (Wildman–Crippen LogP) is 8.00. The maximum absolute atomic E-state index is 6.43. The average molecular weight is 508 g/mol. The molecule has 37 heavy (non-hydrogen) atoms. The number of rotatable bonds is 9. The highest BCUT2D eigenvalue weighted by atomic mass is 35.5. The molecule has 3 heteroatoms. The molecule has 0 aromatic heterocycles. The summed E-state index contributed by atoms with van der Waals surface area (Å²) in [5, 5.41) is 0.739. The molecule has 0 bridgehead atoms. The van der Waals surface area contributed by atoms with E-state index in [-0.39, 0.29) is 6.10 Å². The molecule has 1 aliphatic rings. The molecule has 0 radical (unpaired) electrons. The molecular weight excluding hydrogens is 474 g/mol. The Hall–Kier alpha value is -3.17. The van der Waals surface area contributed by atoms with Gasteiger partial charge in [0, 0.05) is 18.1 Å². The number of benzene rings is 4. The van der Waals surface area contributed by atoms with Gasteiger partial charge in [0.1, 0.15) is 6.10 Å². The van der Waals surface area contributed by atoms with Gasteiger partial charge in [-0.25, -0.2) is 0 Å². The van der Waals surface area contributed by atoms with Crippen molar-refractivity contribution >= 4 is 17.2 Å². The third-order valence-electron chi connectivity index (χ3n) is 7.17. The van der Waals surface area contributed by atoms with Gasteiger partial charge < -0.3 is 9.64 Å². The summed E-state index contributed by atoms with van der Waals surface area (Å²) in [6.45, 7) is 2.50. The average Bonchev–Trinajstić information content (AvgIpc) is 3.09. The minimum absolute atomic E-state index is 0.104. The SMILES string of the molecule is CN(CCC=C1c2ccccc2CCc2ccccc21)CCOC(c1ccccc1)c1ccc(Cl)cc1. The molecule has 0 fully saturated rings. The lowest BCUT2D eigenvalue weighted by Crippen LogP contribution is -2.25. The van der Waals surface area contributed by atoms with Crippen LogP contribution in [0.15, 0.2) is 109 Å². The number of hydrogen-bond donors (Lipinski definition) is 0. The second kappa shape index (κ2) is 12.4. The molecular formula is C34H34ClNO. The first-order chi connectivity index (χ1) is 18.2. The maximum Gasteiger partial charge on any atom is 0.108 e. The summed E-state index contributed by atoms with van der Waals surface area (Å²) in [4.78, 5) is 2.36. The molecule has 2 nitrogen and oxygen atoms in total. The van der Waals surface area contributed by atoms with Gasteiger partial charge in [0.2, 0.25) is 0 Å². The highest BCUT2D eigenvalue weighted by Gasteiger charge is 2.18. The largest absolute Gasteiger partial charge is 0.367 e. The summed E-state index contributed by atoms with van der Waals surface area (Å²) in [7, 11) is 2.18. The van der Waals surface area contributed by atoms with Crippen LogP contribution in [-0.4, -0.2) is 31.6 Å². The predicted molar refractivity (Wildman–Crippen MR) is 155 cm³/mol. The van der Waals surface area contributed by atoms with E-state index in [4.69, 9.17) is 16.3 Å². The van der Waals surface area contributed by atoms with Crippen LogP contribution in [0.5, 0.6) is 0 Å². The molecule has 0 spiro atoms. The first kappa shape index (κ1) is 25.5. The van der Waals surface area contributed by atoms with Crippen LogP contribution in [0.2, 0.25) is 5.02 Å². The summed E-state index contributed by atoms with van der Waals surface area (Å²) in [6.07, 6.45) is 5.51. The van der Waals surface area contributed by atoms with Crippen LogP contribution in [0.1, 0.15) is 45.9 Å². The van der Waals surface area contributed by atoms with E-state index in [2.05, 4.69) is 103 Å². The van der Waals surface area contributed by atoms with Gasteiger partial charge in [0.05, 0.1) is 6.61 Å². The van der Waals surface area contributed by atoms with Crippen molar-refractivity contribution in [2.24, 2.45) is 0 Å². The molecule has 5 rings (SSSR count). The Morgan fingerprint density at radius 2 is 1.30 bits per heavy atom. The molecule has 4 aromatic carbocycles. The van der Waals surface area contributed by atoms with E-state index in [1.165, 1.54) is 27.8 Å². The van der Waals surface area contributed by atoms with Crippen LogP contribution in [0.3, 0.4) is 0 Å². The Morgan fingerprint density at radius 1 is 0.730 bits per heavy atom. The summed E-state index contributed by atoms with van der Waals surface area (Å²) in [5.74, 6) is 0. The van der Waals surface area contributed by atoms with Crippen LogP contribution < -0.4 is 0 Å². The first-order valence-corrected chi connectivity index (χ1v) is 13.5. The van der Waals surface area contributed by atoms with Crippen molar-refractivity contribution in [3.8, 4) is 0 Å². The molecule has 188 valence electrons. The number of fused-ring (bicyclic) bond motifs is 2. The van der Waals surface area contributed by atoms with Crippen molar-refractivity contribution in [3.63, 3.8) is 0 Å². The lowest BCUT2D eigenvalue weighted by molar-refractivity contribution is 0.0650. The lowest BCUT2D eigenvalue weighted by Gasteiger charge is -2.22. The van der Waals surface area contributed by atoms with Crippen LogP contribution >= 0.6 is 11.6 Å². The minimum Gasteiger partial charge on any atom is -0.367 e. The quantitative estimate of drug-likeness (QED) is 0.227. The zero-order chi connectivity index (χ0) is 25.5. The summed E-state index contributed by atoms with van der Waals surface area (Å²) in [6, 6.07) is 36.1. The number of nitrogens with zero attached hydrogens (tertiary/aromatic N) is 1. The van der Waals surface area contributed by atoms with E-state index in [0.29, 0.717) is 6.61 Å². The fourth-order valence-electron chi connectivity index (χ4n) is 5.15. The monoisotopic (exact) mass is 507 g/mol. The van der Waals surface area contributed by atoms with Crippen molar-refractivity contribution in [2.45, 2.75) is 25.4 Å². The van der Waals surface area contributed by atoms with Gasteiger partial charge >= 0.3 is 0 Å². The standard InChI is InChI=1S/C34H34ClNO/c1-36(24-25-37-34(28-12-3-2-4-13-28)29-19-21-30(35)22-20-29)23-9-16-33-31-14-7-5-10-26(31)17-18-27-11-6-8-15-32(27)33/h2-8,10-16,19-22,34H,9,17-18,23-25H2,1H3. The van der Waals surface area contributed by atoms with Crippen LogP contribution in [0.25, 0.3) is 5.57 Å². The van der Waals surface area contributed by atoms with Gasteiger partial charge in [0.25, 0.3) is 0 Å². The Kier molecular flexibility index (Phi) is 8.53. The van der Waals surface area contributed by atoms with E-state index >= 15 is 0 Å². The van der Waals surface area contributed by atoms with E-state index < -0.39 is 0 Å². The number of likely N-dealkylation sites (N-methyl/N-ethyl adjacent to an activating group) is 1. The number of hydrogen-bond acceptors (Lipinski definition) is 2. The fraction of sp³-hybridized carbons (Fsp3) is 0.235. The summed E-state index contributed by atoms with van der Waals surface area (Å²) in [5.41, 5.74) is 9.30. The molecule has 1 aliphatic carbocycles. The Balaban J connectivity index is 1.23. The van der Waals surface area contributed by atoms with Gasteiger partial charge in [-0.3, -0.25) is 0 Å². The zero-order valence-corrected chi connectivity index (χ0v) is 22.2. The van der Waals surface area contributed by atoms with Gasteiger partial charge in [-0.15, -0.1) is 0 Å². The number of halogens is 1. The van der Waals surface area contributed by atoms with Crippen LogP contribution in [0, 0.1) is 0 Å². The molecule has 0 amide bonds. The second-order valence-corrected chi connectivity index (χ2v) is 10.2. The molecule has 0 saturated carbocycles.